The lowest BCUT2D eigenvalue weighted by molar-refractivity contribution is -0.133. The normalized spacial score (nSPS) is 15.1. The lowest BCUT2D eigenvalue weighted by atomic mass is 10.1. The predicted octanol–water partition coefficient (Wildman–Crippen LogP) is 1.33. The van der Waals surface area contributed by atoms with Crippen LogP contribution in [0.1, 0.15) is 37.0 Å². The summed E-state index contributed by atoms with van der Waals surface area (Å²) < 4.78 is 5.57. The molecule has 1 N–H and O–H groups in total. The number of ketones is 1. The summed E-state index contributed by atoms with van der Waals surface area (Å²) in [5, 5.41) is 2.80. The van der Waals surface area contributed by atoms with E-state index in [1.54, 1.807) is 29.2 Å². The second kappa shape index (κ2) is 10.7. The van der Waals surface area contributed by atoms with Crippen LogP contribution in [0.25, 0.3) is 0 Å². The van der Waals surface area contributed by atoms with E-state index in [9.17, 15) is 14.4 Å². The zero-order valence-electron chi connectivity index (χ0n) is 16.2. The van der Waals surface area contributed by atoms with Crippen LogP contribution in [0.15, 0.2) is 24.3 Å². The zero-order chi connectivity index (χ0) is 19.6. The van der Waals surface area contributed by atoms with Crippen LogP contribution < -0.4 is 10.1 Å². The maximum Gasteiger partial charge on any atom is 0.260 e. The zero-order valence-corrected chi connectivity index (χ0v) is 16.2. The first-order chi connectivity index (χ1) is 13.0. The van der Waals surface area contributed by atoms with E-state index < -0.39 is 0 Å². The van der Waals surface area contributed by atoms with Gasteiger partial charge in [0.1, 0.15) is 5.75 Å². The van der Waals surface area contributed by atoms with Crippen molar-refractivity contribution in [2.75, 3.05) is 45.9 Å². The summed E-state index contributed by atoms with van der Waals surface area (Å²) in [7, 11) is 0. The number of likely N-dealkylation sites (N-methyl/N-ethyl adjacent to an activating group) is 1. The quantitative estimate of drug-likeness (QED) is 0.694. The lowest BCUT2D eigenvalue weighted by Gasteiger charge is -2.21. The molecule has 0 aromatic heterocycles. The first kappa shape index (κ1) is 20.9. The largest absolute Gasteiger partial charge is 0.484 e. The molecular formula is C20H29N3O4. The van der Waals surface area contributed by atoms with Gasteiger partial charge in [-0.05, 0) is 37.6 Å². The molecule has 2 amide bonds. The molecule has 1 aliphatic heterocycles. The molecule has 1 aliphatic rings. The summed E-state index contributed by atoms with van der Waals surface area (Å²) in [6.45, 7) is 7.42. The fourth-order valence-corrected chi connectivity index (χ4v) is 3.01. The van der Waals surface area contributed by atoms with E-state index >= 15 is 0 Å². The van der Waals surface area contributed by atoms with Gasteiger partial charge in [-0.15, -0.1) is 0 Å². The number of hydrogen-bond acceptors (Lipinski definition) is 5. The molecule has 1 fully saturated rings. The molecule has 148 valence electrons. The van der Waals surface area contributed by atoms with Crippen molar-refractivity contribution in [1.82, 2.24) is 15.1 Å². The summed E-state index contributed by atoms with van der Waals surface area (Å²) in [5.41, 5.74) is 0.649. The summed E-state index contributed by atoms with van der Waals surface area (Å²) in [5.74, 6) is 0.609. The highest BCUT2D eigenvalue weighted by Gasteiger charge is 2.20. The van der Waals surface area contributed by atoms with Crippen LogP contribution in [0.2, 0.25) is 0 Å². The van der Waals surface area contributed by atoms with Crippen LogP contribution >= 0.6 is 0 Å². The Morgan fingerprint density at radius 1 is 1.04 bits per heavy atom. The molecule has 27 heavy (non-hydrogen) atoms. The third-order valence-corrected chi connectivity index (χ3v) is 4.54. The van der Waals surface area contributed by atoms with Crippen molar-refractivity contribution in [3.8, 4) is 5.75 Å². The van der Waals surface area contributed by atoms with Gasteiger partial charge in [0.05, 0.1) is 6.54 Å². The number of hydrogen-bond donors (Lipinski definition) is 1. The number of Topliss-reactive ketones (excluding diaryl/α,β-unsaturated/α-hetero) is 1. The third-order valence-electron chi connectivity index (χ3n) is 4.54. The van der Waals surface area contributed by atoms with E-state index in [0.29, 0.717) is 50.5 Å². The van der Waals surface area contributed by atoms with Gasteiger partial charge in [-0.2, -0.15) is 0 Å². The van der Waals surface area contributed by atoms with Crippen molar-refractivity contribution in [2.45, 2.75) is 26.7 Å². The first-order valence-electron chi connectivity index (χ1n) is 9.56. The Kier molecular flexibility index (Phi) is 8.26. The van der Waals surface area contributed by atoms with E-state index in [1.807, 2.05) is 13.8 Å². The van der Waals surface area contributed by atoms with Crippen molar-refractivity contribution in [1.29, 1.82) is 0 Å². The van der Waals surface area contributed by atoms with Crippen LogP contribution in [0, 0.1) is 0 Å². The van der Waals surface area contributed by atoms with E-state index in [1.165, 1.54) is 0 Å². The van der Waals surface area contributed by atoms with Gasteiger partial charge >= 0.3 is 0 Å². The Morgan fingerprint density at radius 2 is 1.78 bits per heavy atom. The van der Waals surface area contributed by atoms with Gasteiger partial charge in [-0.1, -0.05) is 6.92 Å². The second-order valence-corrected chi connectivity index (χ2v) is 6.55. The van der Waals surface area contributed by atoms with Crippen molar-refractivity contribution in [2.24, 2.45) is 0 Å². The van der Waals surface area contributed by atoms with E-state index in [2.05, 4.69) is 10.2 Å². The van der Waals surface area contributed by atoms with Crippen molar-refractivity contribution in [3.63, 3.8) is 0 Å². The number of nitrogens with one attached hydrogen (secondary N) is 1. The monoisotopic (exact) mass is 375 g/mol. The Balaban J connectivity index is 1.79. The highest BCUT2D eigenvalue weighted by atomic mass is 16.5. The fourth-order valence-electron chi connectivity index (χ4n) is 3.01. The Bertz CT molecular complexity index is 645. The minimum Gasteiger partial charge on any atom is -0.484 e. The minimum atomic E-state index is -0.0661. The van der Waals surface area contributed by atoms with Gasteiger partial charge in [0.2, 0.25) is 5.91 Å². The molecule has 1 aromatic carbocycles. The summed E-state index contributed by atoms with van der Waals surface area (Å²) in [4.78, 5) is 39.6. The van der Waals surface area contributed by atoms with Crippen molar-refractivity contribution in [3.05, 3.63) is 29.8 Å². The molecule has 0 atom stereocenters. The summed E-state index contributed by atoms with van der Waals surface area (Å²) >= 11 is 0. The summed E-state index contributed by atoms with van der Waals surface area (Å²) in [6.07, 6.45) is 1.30. The predicted molar refractivity (Wildman–Crippen MR) is 103 cm³/mol. The number of rotatable bonds is 8. The molecule has 7 nitrogen and oxygen atoms in total. The highest BCUT2D eigenvalue weighted by Crippen LogP contribution is 2.14. The molecule has 0 unspecified atom stereocenters. The molecule has 1 aromatic rings. The lowest BCUT2D eigenvalue weighted by Crippen LogP contribution is -2.40. The SMILES string of the molecule is CCNC(=O)CN1CCCN(C(=O)COc2ccc(C(=O)CC)cc2)CC1. The van der Waals surface area contributed by atoms with Gasteiger partial charge < -0.3 is 15.0 Å². The Morgan fingerprint density at radius 3 is 2.44 bits per heavy atom. The molecule has 0 radical (unpaired) electrons. The molecule has 0 bridgehead atoms. The fraction of sp³-hybridized carbons (Fsp3) is 0.550. The van der Waals surface area contributed by atoms with Crippen molar-refractivity contribution >= 4 is 17.6 Å². The van der Waals surface area contributed by atoms with Gasteiger partial charge in [0.25, 0.3) is 5.91 Å². The van der Waals surface area contributed by atoms with Crippen LogP contribution in [0.5, 0.6) is 5.75 Å². The van der Waals surface area contributed by atoms with Crippen molar-refractivity contribution < 1.29 is 19.1 Å². The number of nitrogens with zero attached hydrogens (tertiary/aromatic N) is 2. The molecule has 0 spiro atoms. The number of ether oxygens (including phenoxy) is 1. The topological polar surface area (TPSA) is 79.0 Å². The average molecular weight is 375 g/mol. The minimum absolute atomic E-state index is 0.0191. The molecular weight excluding hydrogens is 346 g/mol. The van der Waals surface area contributed by atoms with Crippen LogP contribution in [-0.4, -0.2) is 73.3 Å². The Labute approximate surface area is 160 Å². The van der Waals surface area contributed by atoms with Gasteiger partial charge in [0.15, 0.2) is 12.4 Å². The second-order valence-electron chi connectivity index (χ2n) is 6.55. The average Bonchev–Trinajstić information content (AvgIpc) is 2.91. The molecule has 0 saturated carbocycles. The Hall–Kier alpha value is -2.41. The standard InChI is InChI=1S/C20H29N3O4/c1-3-18(24)16-6-8-17(9-7-16)27-15-20(26)23-11-5-10-22(12-13-23)14-19(25)21-4-2/h6-9H,3-5,10-15H2,1-2H3,(H,21,25). The van der Waals surface area contributed by atoms with E-state index in [4.69, 9.17) is 4.74 Å². The van der Waals surface area contributed by atoms with Crippen LogP contribution in [0.4, 0.5) is 0 Å². The first-order valence-corrected chi connectivity index (χ1v) is 9.56. The van der Waals surface area contributed by atoms with Gasteiger partial charge in [-0.3, -0.25) is 19.3 Å². The van der Waals surface area contributed by atoms with Crippen LogP contribution in [-0.2, 0) is 9.59 Å². The number of carbonyl (C=O) groups is 3. The molecule has 1 heterocycles. The van der Waals surface area contributed by atoms with E-state index in [0.717, 1.165) is 13.0 Å². The summed E-state index contributed by atoms with van der Waals surface area (Å²) in [6, 6.07) is 6.87. The molecule has 0 aliphatic carbocycles. The number of amides is 2. The molecule has 2 rings (SSSR count). The molecule has 1 saturated heterocycles. The van der Waals surface area contributed by atoms with Gasteiger partial charge in [-0.25, -0.2) is 0 Å². The molecule has 7 heteroatoms. The van der Waals surface area contributed by atoms with Crippen LogP contribution in [0.3, 0.4) is 0 Å². The van der Waals surface area contributed by atoms with E-state index in [-0.39, 0.29) is 24.2 Å². The number of benzene rings is 1. The van der Waals surface area contributed by atoms with Gasteiger partial charge in [0, 0.05) is 44.7 Å². The smallest absolute Gasteiger partial charge is 0.260 e. The maximum absolute atomic E-state index is 12.4. The number of carbonyl (C=O) groups excluding carboxylic acids is 3. The third kappa shape index (κ3) is 6.67. The maximum atomic E-state index is 12.4. The highest BCUT2D eigenvalue weighted by molar-refractivity contribution is 5.95.